The fourth-order valence-electron chi connectivity index (χ4n) is 4.23. The molecule has 0 spiro atoms. The Bertz CT molecular complexity index is 771. The van der Waals surface area contributed by atoms with Crippen LogP contribution in [-0.2, 0) is 13.1 Å². The third-order valence-corrected chi connectivity index (χ3v) is 6.59. The number of guanidine groups is 1. The van der Waals surface area contributed by atoms with Crippen LogP contribution in [0.1, 0.15) is 34.9 Å². The first-order valence-electron chi connectivity index (χ1n) is 10.5. The van der Waals surface area contributed by atoms with Crippen molar-refractivity contribution >= 4 is 17.3 Å². The van der Waals surface area contributed by atoms with Gasteiger partial charge in [0.05, 0.1) is 0 Å². The van der Waals surface area contributed by atoms with Gasteiger partial charge in [-0.2, -0.15) is 0 Å². The second-order valence-electron chi connectivity index (χ2n) is 8.16. The highest BCUT2D eigenvalue weighted by atomic mass is 32.1. The summed E-state index contributed by atoms with van der Waals surface area (Å²) >= 11 is 1.87. The number of thiophene rings is 1. The number of piperidine rings is 1. The summed E-state index contributed by atoms with van der Waals surface area (Å²) in [4.78, 5) is 10.6. The summed E-state index contributed by atoms with van der Waals surface area (Å²) in [6, 6.07) is 13.6. The average molecular weight is 414 g/mol. The molecule has 0 saturated carbocycles. The lowest BCUT2D eigenvalue weighted by atomic mass is 9.88. The normalized spacial score (nSPS) is 20.8. The van der Waals surface area contributed by atoms with Crippen LogP contribution >= 0.6 is 11.3 Å². The summed E-state index contributed by atoms with van der Waals surface area (Å²) in [5, 5.41) is 9.29. The highest BCUT2D eigenvalue weighted by molar-refractivity contribution is 7.10. The lowest BCUT2D eigenvalue weighted by molar-refractivity contribution is 0.125. The minimum atomic E-state index is 0.496. The quantitative estimate of drug-likeness (QED) is 0.538. The number of aliphatic imine (C=N–C) groups is 1. The van der Waals surface area contributed by atoms with Crippen molar-refractivity contribution in [1.82, 2.24) is 20.4 Å². The van der Waals surface area contributed by atoms with E-state index >= 15 is 0 Å². The fraction of sp³-hybridized carbons (Fsp3) is 0.522. The lowest BCUT2D eigenvalue weighted by Crippen LogP contribution is -2.44. The molecule has 2 N–H and O–H groups in total. The molecule has 1 aliphatic heterocycles. The fourth-order valence-corrected chi connectivity index (χ4v) is 5.22. The van der Waals surface area contributed by atoms with Gasteiger partial charge in [-0.05, 0) is 69.0 Å². The maximum atomic E-state index is 4.46. The van der Waals surface area contributed by atoms with E-state index in [2.05, 4.69) is 88.3 Å². The third kappa shape index (κ3) is 6.04. The van der Waals surface area contributed by atoms with Gasteiger partial charge in [-0.25, -0.2) is 0 Å². The molecule has 0 bridgehead atoms. The first-order valence-corrected chi connectivity index (χ1v) is 11.4. The van der Waals surface area contributed by atoms with Gasteiger partial charge < -0.3 is 15.5 Å². The molecule has 1 fully saturated rings. The molecule has 1 saturated heterocycles. The summed E-state index contributed by atoms with van der Waals surface area (Å²) in [7, 11) is 8.32. The molecule has 2 unspecified atom stereocenters. The molecular formula is C23H35N5S. The van der Waals surface area contributed by atoms with E-state index in [0.29, 0.717) is 12.0 Å². The number of nitrogens with zero attached hydrogens (tertiary/aromatic N) is 3. The van der Waals surface area contributed by atoms with E-state index in [1.54, 1.807) is 0 Å². The summed E-state index contributed by atoms with van der Waals surface area (Å²) in [6.45, 7) is 3.84. The van der Waals surface area contributed by atoms with E-state index < -0.39 is 0 Å². The van der Waals surface area contributed by atoms with Crippen LogP contribution in [-0.4, -0.2) is 57.0 Å². The Morgan fingerprint density at radius 3 is 2.66 bits per heavy atom. The average Bonchev–Trinajstić information content (AvgIpc) is 3.23. The van der Waals surface area contributed by atoms with Gasteiger partial charge in [0.2, 0.25) is 0 Å². The van der Waals surface area contributed by atoms with Crippen LogP contribution in [0.2, 0.25) is 0 Å². The first-order chi connectivity index (χ1) is 14.1. The molecule has 2 heterocycles. The van der Waals surface area contributed by atoms with Gasteiger partial charge in [-0.15, -0.1) is 11.3 Å². The molecular weight excluding hydrogens is 378 g/mol. The van der Waals surface area contributed by atoms with Gasteiger partial charge in [-0.3, -0.25) is 9.89 Å². The number of nitrogens with one attached hydrogen (secondary N) is 2. The Morgan fingerprint density at radius 2 is 1.97 bits per heavy atom. The number of likely N-dealkylation sites (tertiary alicyclic amines) is 1. The van der Waals surface area contributed by atoms with Crippen LogP contribution in [0.15, 0.2) is 46.8 Å². The topological polar surface area (TPSA) is 42.9 Å². The van der Waals surface area contributed by atoms with Crippen LogP contribution in [0.3, 0.4) is 0 Å². The van der Waals surface area contributed by atoms with E-state index in [4.69, 9.17) is 0 Å². The van der Waals surface area contributed by atoms with Gasteiger partial charge >= 0.3 is 0 Å². The zero-order valence-electron chi connectivity index (χ0n) is 18.2. The number of benzene rings is 1. The van der Waals surface area contributed by atoms with E-state index in [9.17, 15) is 0 Å². The monoisotopic (exact) mass is 413 g/mol. The summed E-state index contributed by atoms with van der Waals surface area (Å²) in [5.41, 5.74) is 2.67. The highest BCUT2D eigenvalue weighted by Gasteiger charge is 2.31. The third-order valence-electron chi connectivity index (χ3n) is 5.65. The van der Waals surface area contributed by atoms with Gasteiger partial charge in [0.15, 0.2) is 5.96 Å². The highest BCUT2D eigenvalue weighted by Crippen LogP contribution is 2.36. The molecule has 1 aromatic heterocycles. The second kappa shape index (κ2) is 10.8. The molecule has 0 aliphatic carbocycles. The smallest absolute Gasteiger partial charge is 0.191 e. The largest absolute Gasteiger partial charge is 0.356 e. The van der Waals surface area contributed by atoms with Crippen molar-refractivity contribution < 1.29 is 0 Å². The number of hydrogen-bond donors (Lipinski definition) is 2. The van der Waals surface area contributed by atoms with Gasteiger partial charge in [0.1, 0.15) is 0 Å². The molecule has 158 valence electrons. The molecule has 3 rings (SSSR count). The summed E-state index contributed by atoms with van der Waals surface area (Å²) < 4.78 is 0. The Balaban J connectivity index is 1.58. The van der Waals surface area contributed by atoms with E-state index in [-0.39, 0.29) is 0 Å². The van der Waals surface area contributed by atoms with Gasteiger partial charge in [-0.1, -0.05) is 30.3 Å². The summed E-state index contributed by atoms with van der Waals surface area (Å²) in [6.07, 6.45) is 2.51. The maximum Gasteiger partial charge on any atom is 0.191 e. The van der Waals surface area contributed by atoms with Crippen LogP contribution in [0.5, 0.6) is 0 Å². The van der Waals surface area contributed by atoms with Crippen LogP contribution in [0, 0.1) is 5.92 Å². The molecule has 1 aromatic carbocycles. The van der Waals surface area contributed by atoms with Crippen LogP contribution < -0.4 is 10.6 Å². The predicted octanol–water partition coefficient (Wildman–Crippen LogP) is 3.56. The van der Waals surface area contributed by atoms with Crippen LogP contribution in [0.4, 0.5) is 0 Å². The molecule has 2 atom stereocenters. The van der Waals surface area contributed by atoms with E-state index in [1.165, 1.54) is 35.4 Å². The zero-order valence-corrected chi connectivity index (χ0v) is 19.0. The number of hydrogen-bond acceptors (Lipinski definition) is 4. The molecule has 2 aromatic rings. The SMILES string of the molecule is CN=C(NCc1ccccc1CN(C)C)NCC1CCCN(C)C1c1cccs1. The van der Waals surface area contributed by atoms with Crippen molar-refractivity contribution in [1.29, 1.82) is 0 Å². The van der Waals surface area contributed by atoms with Crippen molar-refractivity contribution in [2.45, 2.75) is 32.0 Å². The lowest BCUT2D eigenvalue weighted by Gasteiger charge is -2.39. The molecule has 6 heteroatoms. The minimum Gasteiger partial charge on any atom is -0.356 e. The molecule has 1 aliphatic rings. The Morgan fingerprint density at radius 1 is 1.17 bits per heavy atom. The van der Waals surface area contributed by atoms with Gasteiger partial charge in [0, 0.05) is 37.6 Å². The predicted molar refractivity (Wildman–Crippen MR) is 124 cm³/mol. The first kappa shape index (κ1) is 21.8. The molecule has 5 nitrogen and oxygen atoms in total. The number of rotatable bonds is 7. The second-order valence-corrected chi connectivity index (χ2v) is 9.14. The Hall–Kier alpha value is -1.89. The van der Waals surface area contributed by atoms with Crippen molar-refractivity contribution in [3.05, 3.63) is 57.8 Å². The van der Waals surface area contributed by atoms with Crippen LogP contribution in [0.25, 0.3) is 0 Å². The maximum absolute atomic E-state index is 4.46. The van der Waals surface area contributed by atoms with Crippen molar-refractivity contribution in [3.8, 4) is 0 Å². The van der Waals surface area contributed by atoms with Crippen molar-refractivity contribution in [2.75, 3.05) is 41.3 Å². The molecule has 29 heavy (non-hydrogen) atoms. The zero-order chi connectivity index (χ0) is 20.6. The molecule has 0 radical (unpaired) electrons. The Kier molecular flexibility index (Phi) is 8.09. The summed E-state index contributed by atoms with van der Waals surface area (Å²) in [5.74, 6) is 1.47. The van der Waals surface area contributed by atoms with E-state index in [1.807, 2.05) is 18.4 Å². The Labute approximate surface area is 179 Å². The van der Waals surface area contributed by atoms with Gasteiger partial charge in [0.25, 0.3) is 0 Å². The van der Waals surface area contributed by atoms with Crippen molar-refractivity contribution in [3.63, 3.8) is 0 Å². The van der Waals surface area contributed by atoms with Crippen molar-refractivity contribution in [2.24, 2.45) is 10.9 Å². The standard InChI is InChI=1S/C23H35N5S/c1-24-23(25-15-18-9-5-6-10-20(18)17-27(2)3)26-16-19-11-7-13-28(4)22(19)21-12-8-14-29-21/h5-6,8-10,12,14,19,22H,7,11,13,15-17H2,1-4H3,(H2,24,25,26). The van der Waals surface area contributed by atoms with E-state index in [0.717, 1.165) is 25.6 Å². The minimum absolute atomic E-state index is 0.496. The molecule has 0 amide bonds.